The summed E-state index contributed by atoms with van der Waals surface area (Å²) in [5.74, 6) is 1.43. The van der Waals surface area contributed by atoms with Crippen LogP contribution in [0.5, 0.6) is 17.2 Å². The fraction of sp³-hybridized carbons (Fsp3) is 0.375. The van der Waals surface area contributed by atoms with Crippen LogP contribution in [-0.4, -0.2) is 42.7 Å². The zero-order valence-corrected chi connectivity index (χ0v) is 14.1. The van der Waals surface area contributed by atoms with Crippen LogP contribution in [0.4, 0.5) is 8.78 Å². The highest BCUT2D eigenvalue weighted by Crippen LogP contribution is 2.38. The van der Waals surface area contributed by atoms with E-state index in [1.807, 2.05) is 12.3 Å². The maximum absolute atomic E-state index is 12.7. The first-order chi connectivity index (χ1) is 12.7. The molecule has 26 heavy (non-hydrogen) atoms. The number of aliphatic imine (C=N–C) groups is 1. The van der Waals surface area contributed by atoms with E-state index < -0.39 is 6.61 Å². The van der Waals surface area contributed by atoms with Crippen molar-refractivity contribution in [3.8, 4) is 17.2 Å². The van der Waals surface area contributed by atoms with Gasteiger partial charge < -0.3 is 24.8 Å². The van der Waals surface area contributed by atoms with Gasteiger partial charge in [-0.05, 0) is 12.1 Å². The van der Waals surface area contributed by atoms with E-state index in [4.69, 9.17) is 9.47 Å². The molecule has 0 saturated heterocycles. The summed E-state index contributed by atoms with van der Waals surface area (Å²) in [6.07, 6.45) is 3.57. The first-order valence-corrected chi connectivity index (χ1v) is 7.95. The normalized spacial score (nSPS) is 13.2. The third-order valence-electron chi connectivity index (χ3n) is 3.63. The average Bonchev–Trinajstić information content (AvgIpc) is 3.28. The molecule has 0 radical (unpaired) electrons. The number of aromatic nitrogens is 2. The van der Waals surface area contributed by atoms with Crippen LogP contribution in [0.1, 0.15) is 5.56 Å². The lowest BCUT2D eigenvalue weighted by atomic mass is 10.1. The lowest BCUT2D eigenvalue weighted by Crippen LogP contribution is -2.38. The standard InChI is InChI=1S/C16H19F2N5O3/c1-19-16(20-4-6-23-5-2-3-22-23)21-9-11-7-13-14(25-10-24-13)8-12(11)26-15(17)18/h2-3,5,7-8,15H,4,6,9-10H2,1H3,(H2,19,20,21). The fourth-order valence-corrected chi connectivity index (χ4v) is 2.43. The first-order valence-electron chi connectivity index (χ1n) is 7.95. The highest BCUT2D eigenvalue weighted by molar-refractivity contribution is 5.79. The van der Waals surface area contributed by atoms with Crippen LogP contribution >= 0.6 is 0 Å². The summed E-state index contributed by atoms with van der Waals surface area (Å²) < 4.78 is 42.2. The number of benzene rings is 1. The van der Waals surface area contributed by atoms with Crippen LogP contribution in [0.25, 0.3) is 0 Å². The minimum absolute atomic E-state index is 0.0312. The van der Waals surface area contributed by atoms with Gasteiger partial charge >= 0.3 is 6.61 Å². The zero-order chi connectivity index (χ0) is 18.4. The Hall–Kier alpha value is -3.04. The second-order valence-corrected chi connectivity index (χ2v) is 5.31. The average molecular weight is 367 g/mol. The molecule has 2 N–H and O–H groups in total. The molecule has 0 saturated carbocycles. The molecule has 2 heterocycles. The molecule has 3 rings (SSSR count). The number of hydrogen-bond acceptors (Lipinski definition) is 5. The Kier molecular flexibility index (Phi) is 5.72. The van der Waals surface area contributed by atoms with Crippen molar-refractivity contribution in [1.82, 2.24) is 20.4 Å². The molecule has 140 valence electrons. The SMILES string of the molecule is CN=C(NCCn1cccn1)NCc1cc2c(cc1OC(F)F)OCO2. The van der Waals surface area contributed by atoms with Crippen LogP contribution in [-0.2, 0) is 13.1 Å². The highest BCUT2D eigenvalue weighted by atomic mass is 19.3. The van der Waals surface area contributed by atoms with E-state index in [0.29, 0.717) is 36.1 Å². The van der Waals surface area contributed by atoms with Gasteiger partial charge in [0.2, 0.25) is 6.79 Å². The van der Waals surface area contributed by atoms with Crippen molar-refractivity contribution in [2.75, 3.05) is 20.4 Å². The molecule has 1 aliphatic heterocycles. The number of ether oxygens (including phenoxy) is 3. The molecule has 8 nitrogen and oxygen atoms in total. The van der Waals surface area contributed by atoms with Gasteiger partial charge in [-0.2, -0.15) is 13.9 Å². The first kappa shape index (κ1) is 17.8. The number of nitrogens with one attached hydrogen (secondary N) is 2. The Morgan fingerprint density at radius 1 is 1.35 bits per heavy atom. The second kappa shape index (κ2) is 8.37. The number of rotatable bonds is 7. The van der Waals surface area contributed by atoms with Crippen LogP contribution < -0.4 is 24.8 Å². The zero-order valence-electron chi connectivity index (χ0n) is 14.1. The summed E-state index contributed by atoms with van der Waals surface area (Å²) in [7, 11) is 1.62. The van der Waals surface area contributed by atoms with E-state index in [9.17, 15) is 8.78 Å². The summed E-state index contributed by atoms with van der Waals surface area (Å²) in [6, 6.07) is 4.86. The molecular weight excluding hydrogens is 348 g/mol. The van der Waals surface area contributed by atoms with Gasteiger partial charge in [-0.3, -0.25) is 9.67 Å². The van der Waals surface area contributed by atoms with Crippen LogP contribution in [0.2, 0.25) is 0 Å². The van der Waals surface area contributed by atoms with Gasteiger partial charge in [0, 0.05) is 44.2 Å². The number of nitrogens with zero attached hydrogens (tertiary/aromatic N) is 3. The number of hydrogen-bond donors (Lipinski definition) is 2. The predicted molar refractivity (Wildman–Crippen MR) is 89.6 cm³/mol. The summed E-state index contributed by atoms with van der Waals surface area (Å²) in [5, 5.41) is 10.3. The molecule has 0 amide bonds. The smallest absolute Gasteiger partial charge is 0.387 e. The Balaban J connectivity index is 1.60. The van der Waals surface area contributed by atoms with Crippen molar-refractivity contribution in [1.29, 1.82) is 0 Å². The molecule has 1 aromatic heterocycles. The largest absolute Gasteiger partial charge is 0.454 e. The van der Waals surface area contributed by atoms with E-state index in [1.54, 1.807) is 24.0 Å². The Morgan fingerprint density at radius 2 is 2.15 bits per heavy atom. The summed E-state index contributed by atoms with van der Waals surface area (Å²) in [6.45, 7) is -1.39. The van der Waals surface area contributed by atoms with Crippen LogP contribution in [0.3, 0.4) is 0 Å². The van der Waals surface area contributed by atoms with Gasteiger partial charge in [0.1, 0.15) is 5.75 Å². The molecule has 0 atom stereocenters. The van der Waals surface area contributed by atoms with Crippen molar-refractivity contribution in [2.45, 2.75) is 19.7 Å². The Morgan fingerprint density at radius 3 is 2.85 bits per heavy atom. The Bertz CT molecular complexity index is 753. The molecule has 2 aromatic rings. The maximum Gasteiger partial charge on any atom is 0.387 e. The lowest BCUT2D eigenvalue weighted by Gasteiger charge is -2.15. The summed E-state index contributed by atoms with van der Waals surface area (Å²) in [5.41, 5.74) is 0.504. The van der Waals surface area contributed by atoms with Gasteiger partial charge in [-0.25, -0.2) is 0 Å². The molecular formula is C16H19F2N5O3. The van der Waals surface area contributed by atoms with E-state index in [2.05, 4.69) is 25.5 Å². The summed E-state index contributed by atoms with van der Waals surface area (Å²) >= 11 is 0. The minimum atomic E-state index is -2.93. The molecule has 0 unspecified atom stereocenters. The molecule has 10 heteroatoms. The molecule has 1 aromatic carbocycles. The van der Waals surface area contributed by atoms with Crippen molar-refractivity contribution >= 4 is 5.96 Å². The van der Waals surface area contributed by atoms with E-state index in [1.165, 1.54) is 6.07 Å². The third kappa shape index (κ3) is 4.52. The van der Waals surface area contributed by atoms with Gasteiger partial charge in [-0.15, -0.1) is 0 Å². The third-order valence-corrected chi connectivity index (χ3v) is 3.63. The van der Waals surface area contributed by atoms with E-state index >= 15 is 0 Å². The van der Waals surface area contributed by atoms with Crippen LogP contribution in [0, 0.1) is 0 Å². The minimum Gasteiger partial charge on any atom is -0.454 e. The topological polar surface area (TPSA) is 81.9 Å². The number of alkyl halides is 2. The van der Waals surface area contributed by atoms with Gasteiger partial charge in [0.15, 0.2) is 17.5 Å². The Labute approximate surface area is 148 Å². The maximum atomic E-state index is 12.7. The van der Waals surface area contributed by atoms with Gasteiger partial charge in [0.05, 0.1) is 6.54 Å². The lowest BCUT2D eigenvalue weighted by molar-refractivity contribution is -0.0505. The quantitative estimate of drug-likeness (QED) is 0.571. The van der Waals surface area contributed by atoms with Gasteiger partial charge in [-0.1, -0.05) is 0 Å². The number of fused-ring (bicyclic) bond motifs is 1. The van der Waals surface area contributed by atoms with Crippen molar-refractivity contribution < 1.29 is 23.0 Å². The van der Waals surface area contributed by atoms with Crippen molar-refractivity contribution in [3.63, 3.8) is 0 Å². The molecule has 0 spiro atoms. The summed E-state index contributed by atoms with van der Waals surface area (Å²) in [4.78, 5) is 4.10. The van der Waals surface area contributed by atoms with Gasteiger partial charge in [0.25, 0.3) is 0 Å². The number of halogens is 2. The molecule has 0 bridgehead atoms. The second-order valence-electron chi connectivity index (χ2n) is 5.31. The van der Waals surface area contributed by atoms with Crippen molar-refractivity contribution in [2.24, 2.45) is 4.99 Å². The van der Waals surface area contributed by atoms with E-state index in [0.717, 1.165) is 0 Å². The van der Waals surface area contributed by atoms with Crippen molar-refractivity contribution in [3.05, 3.63) is 36.2 Å². The number of guanidine groups is 1. The van der Waals surface area contributed by atoms with E-state index in [-0.39, 0.29) is 19.1 Å². The molecule has 1 aliphatic rings. The highest BCUT2D eigenvalue weighted by Gasteiger charge is 2.20. The fourth-order valence-electron chi connectivity index (χ4n) is 2.43. The monoisotopic (exact) mass is 367 g/mol. The van der Waals surface area contributed by atoms with Crippen LogP contribution in [0.15, 0.2) is 35.6 Å². The predicted octanol–water partition coefficient (Wildman–Crippen LogP) is 1.58. The molecule has 0 aliphatic carbocycles. The molecule has 0 fully saturated rings.